The molecular formula is C28H42N4O3. The molecule has 1 aliphatic carbocycles. The molecule has 7 heteroatoms. The van der Waals surface area contributed by atoms with E-state index in [4.69, 9.17) is 9.72 Å². The van der Waals surface area contributed by atoms with Crippen LogP contribution in [-0.4, -0.2) is 62.6 Å². The van der Waals surface area contributed by atoms with Crippen LogP contribution in [0.25, 0.3) is 11.0 Å². The van der Waals surface area contributed by atoms with E-state index in [9.17, 15) is 9.59 Å². The summed E-state index contributed by atoms with van der Waals surface area (Å²) in [5, 5.41) is 0. The van der Waals surface area contributed by atoms with Crippen LogP contribution in [0.1, 0.15) is 90.8 Å². The lowest BCUT2D eigenvalue weighted by atomic mass is 9.94. The third-order valence-electron chi connectivity index (χ3n) is 7.35. The SMILES string of the molecule is CCN(C(=O)CCn1c(C2CCCN(C(=O)OC(C)(C)C)C2)nc2ccccc21)C1CCCCC1. The highest BCUT2D eigenvalue weighted by Crippen LogP contribution is 2.31. The number of piperidine rings is 1. The van der Waals surface area contributed by atoms with E-state index in [0.29, 0.717) is 32.1 Å². The molecule has 2 amide bonds. The van der Waals surface area contributed by atoms with Gasteiger partial charge in [0.1, 0.15) is 11.4 Å². The number of carbonyl (C=O) groups is 2. The highest BCUT2D eigenvalue weighted by atomic mass is 16.6. The fraction of sp³-hybridized carbons (Fsp3) is 0.679. The fourth-order valence-corrected chi connectivity index (χ4v) is 5.70. The van der Waals surface area contributed by atoms with Gasteiger partial charge in [-0.25, -0.2) is 9.78 Å². The molecule has 4 rings (SSSR count). The van der Waals surface area contributed by atoms with Crippen molar-refractivity contribution in [2.24, 2.45) is 0 Å². The van der Waals surface area contributed by atoms with Crippen LogP contribution in [0.5, 0.6) is 0 Å². The van der Waals surface area contributed by atoms with Gasteiger partial charge in [-0.1, -0.05) is 31.4 Å². The van der Waals surface area contributed by atoms with E-state index >= 15 is 0 Å². The first kappa shape index (κ1) is 25.5. The monoisotopic (exact) mass is 482 g/mol. The summed E-state index contributed by atoms with van der Waals surface area (Å²) in [5.74, 6) is 1.34. The van der Waals surface area contributed by atoms with Crippen molar-refractivity contribution in [2.45, 2.75) is 103 Å². The Morgan fingerprint density at radius 3 is 2.54 bits per heavy atom. The Bertz CT molecular complexity index is 1020. The number of fused-ring (bicyclic) bond motifs is 1. The lowest BCUT2D eigenvalue weighted by molar-refractivity contribution is -0.134. The molecule has 0 radical (unpaired) electrons. The van der Waals surface area contributed by atoms with Crippen molar-refractivity contribution in [3.8, 4) is 0 Å². The highest BCUT2D eigenvalue weighted by molar-refractivity contribution is 5.78. The van der Waals surface area contributed by atoms with Gasteiger partial charge in [-0.3, -0.25) is 4.79 Å². The fourth-order valence-electron chi connectivity index (χ4n) is 5.70. The smallest absolute Gasteiger partial charge is 0.410 e. The van der Waals surface area contributed by atoms with Crippen LogP contribution in [0, 0.1) is 0 Å². The predicted octanol–water partition coefficient (Wildman–Crippen LogP) is 5.72. The van der Waals surface area contributed by atoms with Gasteiger partial charge in [0.2, 0.25) is 5.91 Å². The maximum Gasteiger partial charge on any atom is 0.410 e. The average Bonchev–Trinajstić information content (AvgIpc) is 3.21. The van der Waals surface area contributed by atoms with E-state index < -0.39 is 5.60 Å². The number of hydrogen-bond donors (Lipinski definition) is 0. The van der Waals surface area contributed by atoms with Crippen molar-refractivity contribution in [1.82, 2.24) is 19.4 Å². The minimum atomic E-state index is -0.513. The molecule has 1 unspecified atom stereocenters. The van der Waals surface area contributed by atoms with Crippen molar-refractivity contribution in [3.63, 3.8) is 0 Å². The van der Waals surface area contributed by atoms with Gasteiger partial charge < -0.3 is 19.1 Å². The summed E-state index contributed by atoms with van der Waals surface area (Å²) in [6, 6.07) is 8.54. The molecule has 7 nitrogen and oxygen atoms in total. The Balaban J connectivity index is 1.52. The van der Waals surface area contributed by atoms with Crippen molar-refractivity contribution < 1.29 is 14.3 Å². The summed E-state index contributed by atoms with van der Waals surface area (Å²) >= 11 is 0. The molecule has 1 saturated carbocycles. The van der Waals surface area contributed by atoms with Gasteiger partial charge in [0.25, 0.3) is 0 Å². The van der Waals surface area contributed by atoms with Gasteiger partial charge in [-0.05, 0) is 65.5 Å². The number of aromatic nitrogens is 2. The minimum absolute atomic E-state index is 0.124. The second kappa shape index (κ2) is 11.0. The Kier molecular flexibility index (Phi) is 8.02. The normalized spacial score (nSPS) is 19.7. The summed E-state index contributed by atoms with van der Waals surface area (Å²) in [7, 11) is 0. The number of likely N-dealkylation sites (tertiary alicyclic amines) is 1. The zero-order valence-electron chi connectivity index (χ0n) is 22.0. The Morgan fingerprint density at radius 1 is 1.09 bits per heavy atom. The van der Waals surface area contributed by atoms with E-state index in [0.717, 1.165) is 49.1 Å². The van der Waals surface area contributed by atoms with Crippen LogP contribution in [0.4, 0.5) is 4.79 Å². The summed E-state index contributed by atoms with van der Waals surface area (Å²) in [6.45, 7) is 10.5. The van der Waals surface area contributed by atoms with E-state index in [1.807, 2.05) is 43.9 Å². The minimum Gasteiger partial charge on any atom is -0.444 e. The average molecular weight is 483 g/mol. The molecule has 0 N–H and O–H groups in total. The number of para-hydroxylation sites is 2. The number of aryl methyl sites for hydroxylation is 1. The second-order valence-corrected chi connectivity index (χ2v) is 11.1. The molecule has 2 fully saturated rings. The van der Waals surface area contributed by atoms with Gasteiger partial charge >= 0.3 is 6.09 Å². The molecule has 2 aromatic rings. The van der Waals surface area contributed by atoms with E-state index in [1.165, 1.54) is 19.3 Å². The maximum absolute atomic E-state index is 13.3. The molecule has 1 aliphatic heterocycles. The van der Waals surface area contributed by atoms with Crippen LogP contribution in [0.15, 0.2) is 24.3 Å². The molecule has 2 aliphatic rings. The van der Waals surface area contributed by atoms with Gasteiger partial charge in [0.15, 0.2) is 0 Å². The first-order chi connectivity index (χ1) is 16.8. The number of nitrogens with zero attached hydrogens (tertiary/aromatic N) is 4. The van der Waals surface area contributed by atoms with Crippen molar-refractivity contribution in [1.29, 1.82) is 0 Å². The number of ether oxygens (including phenoxy) is 1. The largest absolute Gasteiger partial charge is 0.444 e. The van der Waals surface area contributed by atoms with E-state index in [1.54, 1.807) is 0 Å². The third-order valence-corrected chi connectivity index (χ3v) is 7.35. The maximum atomic E-state index is 13.3. The van der Waals surface area contributed by atoms with Crippen molar-refractivity contribution >= 4 is 23.0 Å². The van der Waals surface area contributed by atoms with Gasteiger partial charge in [0.05, 0.1) is 11.0 Å². The molecule has 35 heavy (non-hydrogen) atoms. The summed E-state index contributed by atoms with van der Waals surface area (Å²) in [6.07, 6.45) is 8.08. The molecule has 2 heterocycles. The number of amides is 2. The molecule has 1 aromatic carbocycles. The molecule has 0 spiro atoms. The number of imidazole rings is 1. The quantitative estimate of drug-likeness (QED) is 0.528. The van der Waals surface area contributed by atoms with E-state index in [2.05, 4.69) is 22.5 Å². The van der Waals surface area contributed by atoms with Crippen molar-refractivity contribution in [3.05, 3.63) is 30.1 Å². The van der Waals surface area contributed by atoms with Crippen LogP contribution >= 0.6 is 0 Å². The summed E-state index contributed by atoms with van der Waals surface area (Å²) < 4.78 is 7.86. The lowest BCUT2D eigenvalue weighted by Crippen LogP contribution is -2.43. The molecule has 1 aromatic heterocycles. The molecular weight excluding hydrogens is 440 g/mol. The third kappa shape index (κ3) is 6.17. The van der Waals surface area contributed by atoms with Crippen molar-refractivity contribution in [2.75, 3.05) is 19.6 Å². The standard InChI is InChI=1S/C28H42N4O3/c1-5-31(22-13-7-6-8-14-22)25(33)17-19-32-24-16-10-9-15-23(24)29-26(32)21-12-11-18-30(20-21)27(34)35-28(2,3)4/h9-10,15-16,21-22H,5-8,11-14,17-20H2,1-4H3. The molecule has 1 saturated heterocycles. The summed E-state index contributed by atoms with van der Waals surface area (Å²) in [4.78, 5) is 34.9. The zero-order chi connectivity index (χ0) is 25.0. The topological polar surface area (TPSA) is 67.7 Å². The predicted molar refractivity (Wildman–Crippen MR) is 138 cm³/mol. The van der Waals surface area contributed by atoms with Crippen LogP contribution in [0.3, 0.4) is 0 Å². The number of benzene rings is 1. The van der Waals surface area contributed by atoms with Gasteiger partial charge in [-0.2, -0.15) is 0 Å². The number of hydrogen-bond acceptors (Lipinski definition) is 4. The lowest BCUT2D eigenvalue weighted by Gasteiger charge is -2.34. The van der Waals surface area contributed by atoms with Gasteiger partial charge in [-0.15, -0.1) is 0 Å². The second-order valence-electron chi connectivity index (χ2n) is 11.1. The summed E-state index contributed by atoms with van der Waals surface area (Å²) in [5.41, 5.74) is 1.50. The van der Waals surface area contributed by atoms with Crippen LogP contribution in [0.2, 0.25) is 0 Å². The zero-order valence-corrected chi connectivity index (χ0v) is 22.0. The molecule has 1 atom stereocenters. The van der Waals surface area contributed by atoms with Crippen LogP contribution < -0.4 is 0 Å². The van der Waals surface area contributed by atoms with Gasteiger partial charge in [0, 0.05) is 44.6 Å². The van der Waals surface area contributed by atoms with Crippen LogP contribution in [-0.2, 0) is 16.1 Å². The number of rotatable bonds is 6. The Hall–Kier alpha value is -2.57. The first-order valence-corrected chi connectivity index (χ1v) is 13.5. The Labute approximate surface area is 209 Å². The Morgan fingerprint density at radius 2 is 1.83 bits per heavy atom. The first-order valence-electron chi connectivity index (χ1n) is 13.5. The number of carbonyl (C=O) groups excluding carboxylic acids is 2. The molecule has 192 valence electrons. The molecule has 0 bridgehead atoms. The van der Waals surface area contributed by atoms with E-state index in [-0.39, 0.29) is 17.9 Å². The highest BCUT2D eigenvalue weighted by Gasteiger charge is 2.31.